The second-order valence-electron chi connectivity index (χ2n) is 4.78. The quantitative estimate of drug-likeness (QED) is 0.842. The summed E-state index contributed by atoms with van der Waals surface area (Å²) in [5, 5.41) is 2.00. The zero-order valence-electron chi connectivity index (χ0n) is 10.8. The smallest absolute Gasteiger partial charge is 0.389 e. The van der Waals surface area contributed by atoms with Crippen molar-refractivity contribution in [1.82, 2.24) is 5.01 Å². The van der Waals surface area contributed by atoms with E-state index in [0.29, 0.717) is 5.69 Å². The van der Waals surface area contributed by atoms with Crippen LogP contribution in [0.5, 0.6) is 0 Å². The molecule has 110 valence electrons. The lowest BCUT2D eigenvalue weighted by atomic mass is 10.1. The van der Waals surface area contributed by atoms with Crippen molar-refractivity contribution in [1.29, 1.82) is 0 Å². The summed E-state index contributed by atoms with van der Waals surface area (Å²) < 4.78 is 38.6. The minimum atomic E-state index is -4.46. The second kappa shape index (κ2) is 5.97. The SMILES string of the molecule is NC(=S)c1cc(NN2CCCCC2)ccc1C(F)(F)F. The minimum Gasteiger partial charge on any atom is -0.389 e. The predicted molar refractivity (Wildman–Crippen MR) is 76.4 cm³/mol. The Morgan fingerprint density at radius 1 is 1.20 bits per heavy atom. The Bertz CT molecular complexity index is 496. The first-order valence-electron chi connectivity index (χ1n) is 6.40. The van der Waals surface area contributed by atoms with E-state index in [2.05, 4.69) is 5.43 Å². The van der Waals surface area contributed by atoms with Gasteiger partial charge in [-0.3, -0.25) is 0 Å². The number of nitrogens with one attached hydrogen (secondary N) is 1. The molecule has 20 heavy (non-hydrogen) atoms. The first-order chi connectivity index (χ1) is 9.38. The zero-order valence-corrected chi connectivity index (χ0v) is 11.7. The lowest BCUT2D eigenvalue weighted by Crippen LogP contribution is -2.35. The summed E-state index contributed by atoms with van der Waals surface area (Å²) >= 11 is 4.72. The number of thiocarbonyl (C=S) groups is 1. The van der Waals surface area contributed by atoms with Crippen molar-refractivity contribution in [2.45, 2.75) is 25.4 Å². The van der Waals surface area contributed by atoms with Crippen LogP contribution in [0.2, 0.25) is 0 Å². The van der Waals surface area contributed by atoms with E-state index in [1.54, 1.807) is 0 Å². The van der Waals surface area contributed by atoms with Crippen molar-refractivity contribution in [3.05, 3.63) is 29.3 Å². The molecule has 0 radical (unpaired) electrons. The summed E-state index contributed by atoms with van der Waals surface area (Å²) in [6, 6.07) is 3.78. The normalized spacial score (nSPS) is 16.9. The van der Waals surface area contributed by atoms with Gasteiger partial charge in [-0.1, -0.05) is 18.6 Å². The van der Waals surface area contributed by atoms with Gasteiger partial charge in [0.25, 0.3) is 0 Å². The highest BCUT2D eigenvalue weighted by atomic mass is 32.1. The van der Waals surface area contributed by atoms with Crippen molar-refractivity contribution >= 4 is 22.9 Å². The molecule has 0 amide bonds. The lowest BCUT2D eigenvalue weighted by Gasteiger charge is -2.28. The fraction of sp³-hybridized carbons (Fsp3) is 0.462. The number of hydrogen-bond acceptors (Lipinski definition) is 3. The van der Waals surface area contributed by atoms with Crippen LogP contribution in [0.3, 0.4) is 0 Å². The van der Waals surface area contributed by atoms with Gasteiger partial charge in [-0.15, -0.1) is 0 Å². The van der Waals surface area contributed by atoms with Crippen LogP contribution in [0.25, 0.3) is 0 Å². The van der Waals surface area contributed by atoms with E-state index in [1.165, 1.54) is 18.6 Å². The molecule has 1 heterocycles. The maximum atomic E-state index is 12.9. The molecule has 3 nitrogen and oxygen atoms in total. The summed E-state index contributed by atoms with van der Waals surface area (Å²) in [7, 11) is 0. The number of piperidine rings is 1. The zero-order chi connectivity index (χ0) is 14.8. The number of nitrogens with two attached hydrogens (primary N) is 1. The van der Waals surface area contributed by atoms with Crippen LogP contribution in [0.15, 0.2) is 18.2 Å². The van der Waals surface area contributed by atoms with E-state index in [-0.39, 0.29) is 10.6 Å². The Labute approximate surface area is 120 Å². The van der Waals surface area contributed by atoms with Gasteiger partial charge in [0.15, 0.2) is 0 Å². The number of benzene rings is 1. The first kappa shape index (κ1) is 15.1. The molecule has 0 spiro atoms. The fourth-order valence-electron chi connectivity index (χ4n) is 2.25. The largest absolute Gasteiger partial charge is 0.417 e. The predicted octanol–water partition coefficient (Wildman–Crippen LogP) is 3.15. The van der Waals surface area contributed by atoms with Crippen LogP contribution >= 0.6 is 12.2 Å². The fourth-order valence-corrected chi connectivity index (χ4v) is 2.42. The molecular formula is C13H16F3N3S. The van der Waals surface area contributed by atoms with Crippen molar-refractivity contribution < 1.29 is 13.2 Å². The summed E-state index contributed by atoms with van der Waals surface area (Å²) in [5.41, 5.74) is 8.14. The third-order valence-corrected chi connectivity index (χ3v) is 3.45. The highest BCUT2D eigenvalue weighted by molar-refractivity contribution is 7.80. The summed E-state index contributed by atoms with van der Waals surface area (Å²) in [4.78, 5) is -0.250. The van der Waals surface area contributed by atoms with Crippen LogP contribution in [-0.2, 0) is 6.18 Å². The number of halogens is 3. The van der Waals surface area contributed by atoms with Crippen LogP contribution in [-0.4, -0.2) is 23.1 Å². The Kier molecular flexibility index (Phi) is 4.49. The Morgan fingerprint density at radius 3 is 2.40 bits per heavy atom. The number of hydrogen-bond donors (Lipinski definition) is 2. The number of alkyl halides is 3. The van der Waals surface area contributed by atoms with Gasteiger partial charge >= 0.3 is 6.18 Å². The van der Waals surface area contributed by atoms with Crippen LogP contribution in [0, 0.1) is 0 Å². The van der Waals surface area contributed by atoms with E-state index >= 15 is 0 Å². The van der Waals surface area contributed by atoms with Crippen molar-refractivity contribution in [3.63, 3.8) is 0 Å². The molecule has 7 heteroatoms. The summed E-state index contributed by atoms with van der Waals surface area (Å²) in [6.07, 6.45) is -1.11. The standard InChI is InChI=1S/C13H16F3N3S/c14-13(15,16)11-5-4-9(8-10(11)12(17)20)18-19-6-2-1-3-7-19/h4-5,8,18H,1-3,6-7H2,(H2,17,20). The average Bonchev–Trinajstić information content (AvgIpc) is 2.38. The third-order valence-electron chi connectivity index (χ3n) is 3.23. The second-order valence-corrected chi connectivity index (χ2v) is 5.22. The Morgan fingerprint density at radius 2 is 1.85 bits per heavy atom. The molecule has 1 aliphatic heterocycles. The van der Waals surface area contributed by atoms with Crippen LogP contribution < -0.4 is 11.2 Å². The molecule has 1 aliphatic rings. The molecule has 0 saturated carbocycles. The van der Waals surface area contributed by atoms with Crippen LogP contribution in [0.1, 0.15) is 30.4 Å². The molecule has 3 N–H and O–H groups in total. The van der Waals surface area contributed by atoms with Gasteiger partial charge in [-0.2, -0.15) is 13.2 Å². The molecule has 1 aromatic rings. The molecular weight excluding hydrogens is 287 g/mol. The molecule has 1 aromatic carbocycles. The van der Waals surface area contributed by atoms with Gasteiger partial charge < -0.3 is 11.2 Å². The van der Waals surface area contributed by atoms with Gasteiger partial charge in [0.1, 0.15) is 4.99 Å². The van der Waals surface area contributed by atoms with Crippen molar-refractivity contribution in [2.75, 3.05) is 18.5 Å². The molecule has 0 unspecified atom stereocenters. The molecule has 0 atom stereocenters. The van der Waals surface area contributed by atoms with Gasteiger partial charge in [-0.05, 0) is 31.0 Å². The maximum Gasteiger partial charge on any atom is 0.417 e. The van der Waals surface area contributed by atoms with Crippen molar-refractivity contribution in [2.24, 2.45) is 5.73 Å². The highest BCUT2D eigenvalue weighted by Gasteiger charge is 2.34. The van der Waals surface area contributed by atoms with Gasteiger partial charge in [-0.25, -0.2) is 5.01 Å². The first-order valence-corrected chi connectivity index (χ1v) is 6.81. The Balaban J connectivity index is 2.23. The number of nitrogens with zero attached hydrogens (tertiary/aromatic N) is 1. The van der Waals surface area contributed by atoms with Gasteiger partial charge in [0.05, 0.1) is 5.56 Å². The summed E-state index contributed by atoms with van der Waals surface area (Å²) in [5.74, 6) is 0. The van der Waals surface area contributed by atoms with E-state index in [9.17, 15) is 13.2 Å². The average molecular weight is 303 g/mol. The third kappa shape index (κ3) is 3.61. The monoisotopic (exact) mass is 303 g/mol. The van der Waals surface area contributed by atoms with E-state index < -0.39 is 11.7 Å². The molecule has 1 saturated heterocycles. The van der Waals surface area contributed by atoms with E-state index in [1.807, 2.05) is 5.01 Å². The lowest BCUT2D eigenvalue weighted by molar-refractivity contribution is -0.137. The number of anilines is 1. The molecule has 0 aromatic heterocycles. The van der Waals surface area contributed by atoms with Gasteiger partial charge in [0, 0.05) is 24.3 Å². The van der Waals surface area contributed by atoms with E-state index in [0.717, 1.165) is 32.0 Å². The number of rotatable bonds is 3. The highest BCUT2D eigenvalue weighted by Crippen LogP contribution is 2.33. The molecule has 1 fully saturated rings. The minimum absolute atomic E-state index is 0.144. The topological polar surface area (TPSA) is 41.3 Å². The van der Waals surface area contributed by atoms with Crippen molar-refractivity contribution in [3.8, 4) is 0 Å². The number of hydrazine groups is 1. The maximum absolute atomic E-state index is 12.9. The van der Waals surface area contributed by atoms with Gasteiger partial charge in [0.2, 0.25) is 0 Å². The summed E-state index contributed by atoms with van der Waals surface area (Å²) in [6.45, 7) is 1.76. The molecule has 2 rings (SSSR count). The molecule has 0 bridgehead atoms. The Hall–Kier alpha value is -1.34. The molecule has 0 aliphatic carbocycles. The van der Waals surface area contributed by atoms with Crippen LogP contribution in [0.4, 0.5) is 18.9 Å². The van der Waals surface area contributed by atoms with E-state index in [4.69, 9.17) is 18.0 Å².